The van der Waals surface area contributed by atoms with Crippen molar-refractivity contribution in [3.05, 3.63) is 58.2 Å². The summed E-state index contributed by atoms with van der Waals surface area (Å²) in [6, 6.07) is 10.2. The highest BCUT2D eigenvalue weighted by Crippen LogP contribution is 2.26. The summed E-state index contributed by atoms with van der Waals surface area (Å²) in [5.41, 5.74) is 2.18. The molecule has 142 valence electrons. The van der Waals surface area contributed by atoms with Gasteiger partial charge in [-0.25, -0.2) is 0 Å². The smallest absolute Gasteiger partial charge is 0.387 e. The molecule has 8 heteroatoms. The molecule has 2 N–H and O–H groups in total. The lowest BCUT2D eigenvalue weighted by molar-refractivity contribution is -0.120. The maximum Gasteiger partial charge on any atom is 0.387 e. The molecule has 5 nitrogen and oxygen atoms in total. The number of hydrogen-bond acceptors (Lipinski definition) is 3. The Hall–Kier alpha value is -2.61. The number of fused-ring (bicyclic) bond motifs is 1. The second-order valence-corrected chi connectivity index (χ2v) is 6.73. The monoisotopic (exact) mass is 438 g/mol. The van der Waals surface area contributed by atoms with E-state index in [-0.39, 0.29) is 24.6 Å². The molecule has 3 aromatic rings. The van der Waals surface area contributed by atoms with Crippen molar-refractivity contribution >= 4 is 32.7 Å². The van der Waals surface area contributed by atoms with Crippen LogP contribution >= 0.6 is 15.9 Å². The predicted molar refractivity (Wildman–Crippen MR) is 101 cm³/mol. The predicted octanol–water partition coefficient (Wildman–Crippen LogP) is 4.40. The van der Waals surface area contributed by atoms with E-state index in [0.717, 1.165) is 16.5 Å². The Morgan fingerprint density at radius 3 is 2.78 bits per heavy atom. The SMILES string of the molecule is COc1ccc2[nH]cc(CC(=O)NCc3cc(Br)ccc3OC(F)F)c2c1. The summed E-state index contributed by atoms with van der Waals surface area (Å²) < 4.78 is 35.5. The fourth-order valence-corrected chi connectivity index (χ4v) is 3.17. The van der Waals surface area contributed by atoms with Crippen LogP contribution in [0.15, 0.2) is 47.1 Å². The minimum absolute atomic E-state index is 0.0327. The number of nitrogens with one attached hydrogen (secondary N) is 2. The average molecular weight is 439 g/mol. The number of rotatable bonds is 7. The van der Waals surface area contributed by atoms with Gasteiger partial charge >= 0.3 is 6.61 Å². The zero-order valence-corrected chi connectivity index (χ0v) is 16.0. The molecule has 3 rings (SSSR count). The van der Waals surface area contributed by atoms with E-state index in [1.54, 1.807) is 25.4 Å². The summed E-state index contributed by atoms with van der Waals surface area (Å²) in [6.07, 6.45) is 1.92. The zero-order chi connectivity index (χ0) is 19.4. The molecule has 1 heterocycles. The Kier molecular flexibility index (Phi) is 5.95. The summed E-state index contributed by atoms with van der Waals surface area (Å²) in [7, 11) is 1.58. The number of halogens is 3. The fraction of sp³-hybridized carbons (Fsp3) is 0.211. The summed E-state index contributed by atoms with van der Waals surface area (Å²) in [6.45, 7) is -2.85. The van der Waals surface area contributed by atoms with Gasteiger partial charge in [-0.2, -0.15) is 8.78 Å². The minimum Gasteiger partial charge on any atom is -0.497 e. The van der Waals surface area contributed by atoms with Gasteiger partial charge in [-0.3, -0.25) is 4.79 Å². The van der Waals surface area contributed by atoms with Crippen LogP contribution in [0.2, 0.25) is 0 Å². The molecule has 1 amide bonds. The van der Waals surface area contributed by atoms with Crippen LogP contribution in [-0.2, 0) is 17.8 Å². The van der Waals surface area contributed by atoms with E-state index in [2.05, 4.69) is 31.0 Å². The molecule has 0 saturated carbocycles. The average Bonchev–Trinajstić information content (AvgIpc) is 3.03. The van der Waals surface area contributed by atoms with Gasteiger partial charge in [0.1, 0.15) is 11.5 Å². The first-order valence-electron chi connectivity index (χ1n) is 8.10. The van der Waals surface area contributed by atoms with Gasteiger partial charge in [-0.05, 0) is 42.0 Å². The molecule has 2 aromatic carbocycles. The van der Waals surface area contributed by atoms with E-state index < -0.39 is 6.61 Å². The Morgan fingerprint density at radius 1 is 1.22 bits per heavy atom. The molecular weight excluding hydrogens is 422 g/mol. The number of ether oxygens (including phenoxy) is 2. The lowest BCUT2D eigenvalue weighted by Gasteiger charge is -2.12. The van der Waals surface area contributed by atoms with Crippen LogP contribution in [0.5, 0.6) is 11.5 Å². The molecule has 0 saturated heterocycles. The van der Waals surface area contributed by atoms with E-state index >= 15 is 0 Å². The van der Waals surface area contributed by atoms with Crippen molar-refractivity contribution in [1.82, 2.24) is 10.3 Å². The number of hydrogen-bond donors (Lipinski definition) is 2. The Bertz CT molecular complexity index is 959. The van der Waals surface area contributed by atoms with E-state index in [1.165, 1.54) is 6.07 Å². The van der Waals surface area contributed by atoms with Crippen molar-refractivity contribution in [2.24, 2.45) is 0 Å². The van der Waals surface area contributed by atoms with Crippen LogP contribution in [0.25, 0.3) is 10.9 Å². The maximum atomic E-state index is 12.5. The number of benzene rings is 2. The molecule has 27 heavy (non-hydrogen) atoms. The Balaban J connectivity index is 1.69. The van der Waals surface area contributed by atoms with Crippen LogP contribution in [-0.4, -0.2) is 24.6 Å². The van der Waals surface area contributed by atoms with Gasteiger partial charge in [0.25, 0.3) is 0 Å². The number of carbonyl (C=O) groups is 1. The van der Waals surface area contributed by atoms with Crippen molar-refractivity contribution in [3.8, 4) is 11.5 Å². The highest BCUT2D eigenvalue weighted by molar-refractivity contribution is 9.10. The molecule has 0 bridgehead atoms. The van der Waals surface area contributed by atoms with Crippen LogP contribution in [0.4, 0.5) is 8.78 Å². The number of amides is 1. The van der Waals surface area contributed by atoms with Crippen molar-refractivity contribution in [2.45, 2.75) is 19.6 Å². The minimum atomic E-state index is -2.93. The lowest BCUT2D eigenvalue weighted by atomic mass is 10.1. The summed E-state index contributed by atoms with van der Waals surface area (Å²) in [4.78, 5) is 15.5. The first-order chi connectivity index (χ1) is 13.0. The summed E-state index contributed by atoms with van der Waals surface area (Å²) in [5.74, 6) is 0.499. The van der Waals surface area contributed by atoms with Gasteiger partial charge in [-0.1, -0.05) is 15.9 Å². The molecule has 0 unspecified atom stereocenters. The van der Waals surface area contributed by atoms with Gasteiger partial charge in [0.05, 0.1) is 13.5 Å². The number of aromatic amines is 1. The molecule has 0 fully saturated rings. The van der Waals surface area contributed by atoms with Crippen LogP contribution in [0.1, 0.15) is 11.1 Å². The fourth-order valence-electron chi connectivity index (χ4n) is 2.76. The number of H-pyrrole nitrogens is 1. The van der Waals surface area contributed by atoms with Crippen molar-refractivity contribution in [2.75, 3.05) is 7.11 Å². The van der Waals surface area contributed by atoms with Gasteiger partial charge in [0, 0.05) is 33.7 Å². The van der Waals surface area contributed by atoms with Crippen molar-refractivity contribution < 1.29 is 23.0 Å². The molecule has 0 spiro atoms. The summed E-state index contributed by atoms with van der Waals surface area (Å²) in [5, 5.41) is 3.64. The first kappa shape index (κ1) is 19.2. The van der Waals surface area contributed by atoms with Gasteiger partial charge in [0.15, 0.2) is 0 Å². The van der Waals surface area contributed by atoms with Crippen molar-refractivity contribution in [3.63, 3.8) is 0 Å². The second-order valence-electron chi connectivity index (χ2n) is 5.81. The molecule has 1 aromatic heterocycles. The first-order valence-corrected chi connectivity index (χ1v) is 8.89. The Morgan fingerprint density at radius 2 is 2.04 bits per heavy atom. The molecule has 0 aliphatic heterocycles. The highest BCUT2D eigenvalue weighted by Gasteiger charge is 2.13. The third kappa shape index (κ3) is 4.77. The van der Waals surface area contributed by atoms with Gasteiger partial charge < -0.3 is 19.8 Å². The molecule has 0 aliphatic rings. The standard InChI is InChI=1S/C19H17BrF2N2O3/c1-26-14-3-4-16-15(8-14)11(9-23-16)7-18(25)24-10-12-6-13(20)2-5-17(12)27-19(21)22/h2-6,8-9,19,23H,7,10H2,1H3,(H,24,25). The highest BCUT2D eigenvalue weighted by atomic mass is 79.9. The quantitative estimate of drug-likeness (QED) is 0.574. The number of carbonyl (C=O) groups excluding carboxylic acids is 1. The van der Waals surface area contributed by atoms with E-state index in [9.17, 15) is 13.6 Å². The molecular formula is C19H17BrF2N2O3. The van der Waals surface area contributed by atoms with Crippen LogP contribution in [0.3, 0.4) is 0 Å². The third-order valence-electron chi connectivity index (χ3n) is 4.04. The molecule has 0 radical (unpaired) electrons. The van der Waals surface area contributed by atoms with Crippen LogP contribution in [0, 0.1) is 0 Å². The number of aromatic nitrogens is 1. The van der Waals surface area contributed by atoms with Crippen LogP contribution < -0.4 is 14.8 Å². The topological polar surface area (TPSA) is 63.4 Å². The van der Waals surface area contributed by atoms with Gasteiger partial charge in [-0.15, -0.1) is 0 Å². The Labute approximate surface area is 162 Å². The molecule has 0 atom stereocenters. The third-order valence-corrected chi connectivity index (χ3v) is 4.53. The largest absolute Gasteiger partial charge is 0.497 e. The lowest BCUT2D eigenvalue weighted by Crippen LogP contribution is -2.25. The normalized spacial score (nSPS) is 11.0. The summed E-state index contributed by atoms with van der Waals surface area (Å²) >= 11 is 3.29. The number of alkyl halides is 2. The van der Waals surface area contributed by atoms with Crippen molar-refractivity contribution in [1.29, 1.82) is 0 Å². The van der Waals surface area contributed by atoms with Gasteiger partial charge in [0.2, 0.25) is 5.91 Å². The number of methoxy groups -OCH3 is 1. The second kappa shape index (κ2) is 8.39. The maximum absolute atomic E-state index is 12.5. The zero-order valence-electron chi connectivity index (χ0n) is 14.4. The van der Waals surface area contributed by atoms with E-state index in [0.29, 0.717) is 15.8 Å². The molecule has 0 aliphatic carbocycles. The van der Waals surface area contributed by atoms with E-state index in [1.807, 2.05) is 18.2 Å². The van der Waals surface area contributed by atoms with E-state index in [4.69, 9.17) is 4.74 Å².